The van der Waals surface area contributed by atoms with Crippen molar-refractivity contribution in [3.8, 4) is 11.4 Å². The average molecular weight is 227 g/mol. The van der Waals surface area contributed by atoms with Crippen LogP contribution in [0.4, 0.5) is 0 Å². The van der Waals surface area contributed by atoms with Gasteiger partial charge in [-0.2, -0.15) is 4.98 Å². The van der Waals surface area contributed by atoms with Gasteiger partial charge in [-0.1, -0.05) is 16.8 Å². The molecule has 78 valence electrons. The lowest BCUT2D eigenvalue weighted by Crippen LogP contribution is -1.81. The second kappa shape index (κ2) is 4.68. The molecule has 0 atom stereocenters. The number of carbonyl (C=O) groups is 1. The molecule has 0 aliphatic heterocycles. The Morgan fingerprint density at radius 2 is 1.93 bits per heavy atom. The Labute approximate surface area is 90.0 Å². The molecule has 2 rings (SSSR count). The Balaban J connectivity index is 0.00000112. The zero-order valence-electron chi connectivity index (χ0n) is 7.48. The van der Waals surface area contributed by atoms with E-state index >= 15 is 0 Å². The minimum absolute atomic E-state index is 0. The van der Waals surface area contributed by atoms with E-state index in [1.54, 1.807) is 24.3 Å². The van der Waals surface area contributed by atoms with Crippen molar-refractivity contribution in [3.63, 3.8) is 0 Å². The van der Waals surface area contributed by atoms with Crippen LogP contribution in [-0.4, -0.2) is 21.9 Å². The Morgan fingerprint density at radius 3 is 2.47 bits per heavy atom. The maximum atomic E-state index is 10.3. The zero-order chi connectivity index (χ0) is 9.97. The first-order valence-electron chi connectivity index (χ1n) is 3.84. The molecule has 0 radical (unpaired) electrons. The average Bonchev–Trinajstić information content (AvgIpc) is 2.67. The molecule has 0 aliphatic rings. The maximum Gasteiger partial charge on any atom is 0.291 e. The lowest BCUT2D eigenvalue weighted by molar-refractivity contribution is 0.108. The van der Waals surface area contributed by atoms with Gasteiger partial charge in [0.05, 0.1) is 0 Å². The van der Waals surface area contributed by atoms with Crippen LogP contribution in [-0.2, 0) is 0 Å². The molecule has 0 saturated carbocycles. The molecule has 0 spiro atoms. The summed E-state index contributed by atoms with van der Waals surface area (Å²) in [5.74, 6) is 0.346. The molecule has 0 bridgehead atoms. The molecule has 5 nitrogen and oxygen atoms in total. The van der Waals surface area contributed by atoms with E-state index in [1.807, 2.05) is 0 Å². The highest BCUT2D eigenvalue weighted by Crippen LogP contribution is 2.17. The highest BCUT2D eigenvalue weighted by atomic mass is 35.5. The number of aldehydes is 1. The van der Waals surface area contributed by atoms with Gasteiger partial charge < -0.3 is 10.00 Å². The van der Waals surface area contributed by atoms with Gasteiger partial charge in [0, 0.05) is 10.6 Å². The first-order valence-corrected chi connectivity index (χ1v) is 4.22. The molecule has 1 aromatic heterocycles. The summed E-state index contributed by atoms with van der Waals surface area (Å²) >= 11 is 5.71. The van der Waals surface area contributed by atoms with Crippen molar-refractivity contribution in [2.45, 2.75) is 0 Å². The van der Waals surface area contributed by atoms with Gasteiger partial charge in [0.15, 0.2) is 0 Å². The fraction of sp³-hybridized carbons (Fsp3) is 0. The van der Waals surface area contributed by atoms with Gasteiger partial charge in [-0.25, -0.2) is 0 Å². The lowest BCUT2D eigenvalue weighted by atomic mass is 10.2. The normalized spacial score (nSPS) is 9.40. The van der Waals surface area contributed by atoms with E-state index in [4.69, 9.17) is 11.6 Å². The number of rotatable bonds is 2. The number of hydrogen-bond acceptors (Lipinski definition) is 4. The Morgan fingerprint density at radius 1 is 1.27 bits per heavy atom. The lowest BCUT2D eigenvalue weighted by Gasteiger charge is -1.92. The summed E-state index contributed by atoms with van der Waals surface area (Å²) < 4.78 is 4.64. The predicted molar refractivity (Wildman–Crippen MR) is 53.7 cm³/mol. The third kappa shape index (κ3) is 2.39. The maximum absolute atomic E-state index is 10.3. The number of halogens is 1. The predicted octanol–water partition coefficient (Wildman–Crippen LogP) is 1.38. The number of hydrogen-bond donors (Lipinski definition) is 0. The minimum atomic E-state index is -0.0325. The fourth-order valence-corrected chi connectivity index (χ4v) is 1.13. The Bertz CT molecular complexity index is 453. The molecule has 2 aromatic rings. The second-order valence-electron chi connectivity index (χ2n) is 2.58. The summed E-state index contributed by atoms with van der Waals surface area (Å²) in [4.78, 5) is 14.1. The largest absolute Gasteiger partial charge is 0.412 e. The van der Waals surface area contributed by atoms with Gasteiger partial charge in [0.1, 0.15) is 0 Å². The van der Waals surface area contributed by atoms with Gasteiger partial charge in [-0.15, -0.1) is 0 Å². The Hall–Kier alpha value is -1.72. The van der Waals surface area contributed by atoms with Crippen molar-refractivity contribution < 1.29 is 14.8 Å². The van der Waals surface area contributed by atoms with Crippen LogP contribution in [0.5, 0.6) is 0 Å². The quantitative estimate of drug-likeness (QED) is 0.724. The molecule has 15 heavy (non-hydrogen) atoms. The molecular weight excluding hydrogens is 220 g/mol. The molecule has 1 aromatic carbocycles. The van der Waals surface area contributed by atoms with Crippen LogP contribution < -0.4 is 0 Å². The first kappa shape index (κ1) is 11.4. The van der Waals surface area contributed by atoms with Gasteiger partial charge >= 0.3 is 0 Å². The summed E-state index contributed by atoms with van der Waals surface area (Å²) in [6, 6.07) is 6.94. The van der Waals surface area contributed by atoms with Crippen LogP contribution in [0, 0.1) is 0 Å². The van der Waals surface area contributed by atoms with Crippen molar-refractivity contribution >= 4 is 17.9 Å². The van der Waals surface area contributed by atoms with Gasteiger partial charge in [-0.3, -0.25) is 4.79 Å². The Kier molecular flexibility index (Phi) is 3.54. The molecular formula is C9H7ClN2O3. The molecule has 1 heterocycles. The van der Waals surface area contributed by atoms with E-state index in [0.29, 0.717) is 17.1 Å². The summed E-state index contributed by atoms with van der Waals surface area (Å²) in [5, 5.41) is 4.26. The molecule has 0 unspecified atom stereocenters. The SMILES string of the molecule is O.O=Cc1nc(-c2ccc(Cl)cc2)no1. The smallest absolute Gasteiger partial charge is 0.291 e. The van der Waals surface area contributed by atoms with E-state index in [2.05, 4.69) is 14.7 Å². The van der Waals surface area contributed by atoms with E-state index in [-0.39, 0.29) is 11.4 Å². The van der Waals surface area contributed by atoms with Crippen LogP contribution in [0.1, 0.15) is 10.7 Å². The molecule has 0 amide bonds. The molecule has 2 N–H and O–H groups in total. The summed E-state index contributed by atoms with van der Waals surface area (Å²) in [6.45, 7) is 0. The van der Waals surface area contributed by atoms with Crippen molar-refractivity contribution in [3.05, 3.63) is 35.2 Å². The van der Waals surface area contributed by atoms with Crippen molar-refractivity contribution in [2.75, 3.05) is 0 Å². The topological polar surface area (TPSA) is 87.5 Å². The summed E-state index contributed by atoms with van der Waals surface area (Å²) in [6.07, 6.45) is 0.506. The molecule has 0 fully saturated rings. The number of benzene rings is 1. The van der Waals surface area contributed by atoms with Crippen molar-refractivity contribution in [1.82, 2.24) is 10.1 Å². The fourth-order valence-electron chi connectivity index (χ4n) is 0.999. The van der Waals surface area contributed by atoms with Crippen LogP contribution in [0.3, 0.4) is 0 Å². The number of nitrogens with zero attached hydrogens (tertiary/aromatic N) is 2. The van der Waals surface area contributed by atoms with Crippen LogP contribution >= 0.6 is 11.6 Å². The monoisotopic (exact) mass is 226 g/mol. The summed E-state index contributed by atoms with van der Waals surface area (Å²) in [7, 11) is 0. The number of aromatic nitrogens is 2. The van der Waals surface area contributed by atoms with Crippen LogP contribution in [0.15, 0.2) is 28.8 Å². The molecule has 6 heteroatoms. The van der Waals surface area contributed by atoms with Crippen LogP contribution in [0.2, 0.25) is 5.02 Å². The highest BCUT2D eigenvalue weighted by Gasteiger charge is 2.06. The number of carbonyl (C=O) groups excluding carboxylic acids is 1. The van der Waals surface area contributed by atoms with Gasteiger partial charge in [0.2, 0.25) is 12.1 Å². The van der Waals surface area contributed by atoms with E-state index in [1.165, 1.54) is 0 Å². The third-order valence-electron chi connectivity index (χ3n) is 1.64. The minimum Gasteiger partial charge on any atom is -0.412 e. The van der Waals surface area contributed by atoms with Crippen LogP contribution in [0.25, 0.3) is 11.4 Å². The standard InChI is InChI=1S/C9H5ClN2O2.H2O/c10-7-3-1-6(2-4-7)9-11-8(5-13)14-12-9;/h1-5H;1H2. The van der Waals surface area contributed by atoms with Gasteiger partial charge in [0.25, 0.3) is 5.89 Å². The third-order valence-corrected chi connectivity index (χ3v) is 1.90. The van der Waals surface area contributed by atoms with Crippen molar-refractivity contribution in [1.29, 1.82) is 0 Å². The van der Waals surface area contributed by atoms with E-state index in [0.717, 1.165) is 5.56 Å². The highest BCUT2D eigenvalue weighted by molar-refractivity contribution is 6.30. The molecule has 0 saturated heterocycles. The van der Waals surface area contributed by atoms with Crippen molar-refractivity contribution in [2.24, 2.45) is 0 Å². The van der Waals surface area contributed by atoms with E-state index in [9.17, 15) is 4.79 Å². The first-order chi connectivity index (χ1) is 6.79. The van der Waals surface area contributed by atoms with E-state index < -0.39 is 0 Å². The summed E-state index contributed by atoms with van der Waals surface area (Å²) in [5.41, 5.74) is 0.756. The second-order valence-corrected chi connectivity index (χ2v) is 3.02. The molecule has 0 aliphatic carbocycles. The van der Waals surface area contributed by atoms with Gasteiger partial charge in [-0.05, 0) is 24.3 Å². The zero-order valence-corrected chi connectivity index (χ0v) is 8.23.